The molecule has 2 heteroatoms. The average molecular weight is 314 g/mol. The molecule has 1 nitrogen and oxygen atoms in total. The van der Waals surface area contributed by atoms with Gasteiger partial charge in [-0.2, -0.15) is 12.6 Å². The van der Waals surface area contributed by atoms with Crippen LogP contribution in [-0.4, -0.2) is 5.75 Å². The van der Waals surface area contributed by atoms with Crippen molar-refractivity contribution in [2.24, 2.45) is 0 Å². The molecular weight excluding hydrogens is 288 g/mol. The first kappa shape index (κ1) is 17.0. The second-order valence-electron chi connectivity index (χ2n) is 6.30. The number of para-hydroxylation sites is 1. The molecule has 22 heavy (non-hydrogen) atoms. The van der Waals surface area contributed by atoms with Crippen molar-refractivity contribution in [3.63, 3.8) is 0 Å². The number of hydrogen-bond acceptors (Lipinski definition) is 2. The first-order valence-electron chi connectivity index (χ1n) is 7.98. The van der Waals surface area contributed by atoms with Gasteiger partial charge in [-0.3, -0.25) is 0 Å². The molecule has 0 heterocycles. The summed E-state index contributed by atoms with van der Waals surface area (Å²) in [5.74, 6) is 1.80. The van der Waals surface area contributed by atoms with Crippen molar-refractivity contribution in [1.82, 2.24) is 0 Å². The van der Waals surface area contributed by atoms with E-state index >= 15 is 0 Å². The smallest absolute Gasteiger partial charge is 0.123 e. The summed E-state index contributed by atoms with van der Waals surface area (Å²) < 4.78 is 5.99. The maximum Gasteiger partial charge on any atom is 0.123 e. The quantitative estimate of drug-likeness (QED) is 0.671. The van der Waals surface area contributed by atoms with Gasteiger partial charge in [-0.1, -0.05) is 63.2 Å². The van der Waals surface area contributed by atoms with E-state index in [1.54, 1.807) is 0 Å². The molecule has 0 radical (unpaired) electrons. The van der Waals surface area contributed by atoms with Gasteiger partial charge in [-0.15, -0.1) is 0 Å². The van der Waals surface area contributed by atoms with Crippen molar-refractivity contribution >= 4 is 12.6 Å². The van der Waals surface area contributed by atoms with Crippen molar-refractivity contribution in [1.29, 1.82) is 0 Å². The Labute approximate surface area is 140 Å². The van der Waals surface area contributed by atoms with Crippen molar-refractivity contribution < 1.29 is 4.74 Å². The van der Waals surface area contributed by atoms with Gasteiger partial charge in [0.25, 0.3) is 0 Å². The van der Waals surface area contributed by atoms with E-state index in [1.165, 1.54) is 16.7 Å². The summed E-state index contributed by atoms with van der Waals surface area (Å²) in [5.41, 5.74) is 4.05. The fourth-order valence-electron chi connectivity index (χ4n) is 2.39. The molecule has 0 aromatic heterocycles. The van der Waals surface area contributed by atoms with Crippen LogP contribution in [0.1, 0.15) is 43.9 Å². The van der Waals surface area contributed by atoms with Crippen molar-refractivity contribution in [3.8, 4) is 5.75 Å². The van der Waals surface area contributed by atoms with Gasteiger partial charge >= 0.3 is 0 Å². The number of rotatable bonds is 7. The minimum Gasteiger partial charge on any atom is -0.489 e. The molecule has 2 aromatic rings. The summed E-state index contributed by atoms with van der Waals surface area (Å²) in [5, 5.41) is 0. The summed E-state index contributed by atoms with van der Waals surface area (Å²) >= 11 is 4.31. The van der Waals surface area contributed by atoms with Crippen molar-refractivity contribution in [3.05, 3.63) is 65.2 Å². The van der Waals surface area contributed by atoms with Crippen LogP contribution in [0.4, 0.5) is 0 Å². The number of thiol groups is 1. The van der Waals surface area contributed by atoms with E-state index in [0.29, 0.717) is 6.61 Å². The number of aryl methyl sites for hydroxylation is 1. The van der Waals surface area contributed by atoms with Crippen LogP contribution in [0.5, 0.6) is 5.75 Å². The highest BCUT2D eigenvalue weighted by atomic mass is 32.1. The summed E-state index contributed by atoms with van der Waals surface area (Å²) in [7, 11) is 0. The molecule has 0 aliphatic rings. The van der Waals surface area contributed by atoms with E-state index in [1.807, 2.05) is 18.2 Å². The van der Waals surface area contributed by atoms with E-state index in [4.69, 9.17) is 4.74 Å². The molecule has 0 amide bonds. The van der Waals surface area contributed by atoms with E-state index in [2.05, 4.69) is 63.7 Å². The second-order valence-corrected chi connectivity index (χ2v) is 6.75. The third-order valence-corrected chi connectivity index (χ3v) is 4.59. The first-order chi connectivity index (χ1) is 10.6. The van der Waals surface area contributed by atoms with Crippen LogP contribution in [0.25, 0.3) is 0 Å². The fraction of sp³-hybridized carbons (Fsp3) is 0.400. The van der Waals surface area contributed by atoms with Crippen LogP contribution in [-0.2, 0) is 18.4 Å². The Morgan fingerprint density at radius 1 is 1.00 bits per heavy atom. The van der Waals surface area contributed by atoms with Crippen LogP contribution in [0.2, 0.25) is 0 Å². The van der Waals surface area contributed by atoms with Gasteiger partial charge < -0.3 is 4.74 Å². The lowest BCUT2D eigenvalue weighted by molar-refractivity contribution is 0.303. The van der Waals surface area contributed by atoms with Gasteiger partial charge in [0.05, 0.1) is 0 Å². The van der Waals surface area contributed by atoms with Crippen LogP contribution in [0.15, 0.2) is 48.5 Å². The van der Waals surface area contributed by atoms with Crippen LogP contribution < -0.4 is 4.74 Å². The van der Waals surface area contributed by atoms with Gasteiger partial charge in [0.1, 0.15) is 12.4 Å². The van der Waals surface area contributed by atoms with Crippen LogP contribution in [0, 0.1) is 0 Å². The van der Waals surface area contributed by atoms with E-state index in [-0.39, 0.29) is 5.41 Å². The highest BCUT2D eigenvalue weighted by Crippen LogP contribution is 2.27. The summed E-state index contributed by atoms with van der Waals surface area (Å²) in [6.45, 7) is 7.41. The van der Waals surface area contributed by atoms with Crippen molar-refractivity contribution in [2.75, 3.05) is 5.75 Å². The summed E-state index contributed by atoms with van der Waals surface area (Å²) in [6.07, 6.45) is 2.07. The van der Waals surface area contributed by atoms with Gasteiger partial charge in [0.15, 0.2) is 0 Å². The lowest BCUT2D eigenvalue weighted by atomic mass is 9.82. The van der Waals surface area contributed by atoms with Gasteiger partial charge in [0.2, 0.25) is 0 Å². The number of hydrogen-bond donors (Lipinski definition) is 1. The molecule has 0 unspecified atom stereocenters. The Morgan fingerprint density at radius 3 is 2.32 bits per heavy atom. The maximum absolute atomic E-state index is 5.99. The molecule has 2 aromatic carbocycles. The zero-order chi connectivity index (χ0) is 16.0. The molecule has 118 valence electrons. The minimum absolute atomic E-state index is 0.235. The highest BCUT2D eigenvalue weighted by Gasteiger charge is 2.17. The zero-order valence-electron chi connectivity index (χ0n) is 13.8. The standard InChI is InChI=1S/C20H26OS/c1-4-20(2,3)18-11-9-16(10-12-18)15-21-19-8-6-5-7-17(19)13-14-22/h5-12,22H,4,13-15H2,1-3H3. The Morgan fingerprint density at radius 2 is 1.68 bits per heavy atom. The van der Waals surface area contributed by atoms with E-state index in [9.17, 15) is 0 Å². The average Bonchev–Trinajstić information content (AvgIpc) is 2.55. The van der Waals surface area contributed by atoms with Crippen LogP contribution >= 0.6 is 12.6 Å². The number of benzene rings is 2. The van der Waals surface area contributed by atoms with E-state index in [0.717, 1.165) is 24.3 Å². The molecule has 0 spiro atoms. The Balaban J connectivity index is 2.03. The topological polar surface area (TPSA) is 9.23 Å². The highest BCUT2D eigenvalue weighted by molar-refractivity contribution is 7.80. The SMILES string of the molecule is CCC(C)(C)c1ccc(COc2ccccc2CCS)cc1. The molecule has 2 rings (SSSR count). The predicted octanol–water partition coefficient (Wildman–Crippen LogP) is 5.43. The van der Waals surface area contributed by atoms with Crippen molar-refractivity contribution in [2.45, 2.75) is 45.6 Å². The molecule has 0 aliphatic heterocycles. The predicted molar refractivity (Wildman–Crippen MR) is 98.1 cm³/mol. The maximum atomic E-state index is 5.99. The Hall–Kier alpha value is -1.41. The molecule has 0 saturated carbocycles. The molecule has 0 N–H and O–H groups in total. The summed E-state index contributed by atoms with van der Waals surface area (Å²) in [6, 6.07) is 17.0. The third kappa shape index (κ3) is 4.30. The second kappa shape index (κ2) is 7.73. The molecular formula is C20H26OS. The molecule has 0 saturated heterocycles. The first-order valence-corrected chi connectivity index (χ1v) is 8.61. The third-order valence-electron chi connectivity index (χ3n) is 4.37. The Kier molecular flexibility index (Phi) is 5.96. The molecule has 0 bridgehead atoms. The number of ether oxygens (including phenoxy) is 1. The normalized spacial score (nSPS) is 11.5. The zero-order valence-corrected chi connectivity index (χ0v) is 14.7. The lowest BCUT2D eigenvalue weighted by Crippen LogP contribution is -2.15. The van der Waals surface area contributed by atoms with Gasteiger partial charge in [-0.05, 0) is 46.8 Å². The van der Waals surface area contributed by atoms with E-state index < -0.39 is 0 Å². The molecule has 0 atom stereocenters. The summed E-state index contributed by atoms with van der Waals surface area (Å²) in [4.78, 5) is 0. The monoisotopic (exact) mass is 314 g/mol. The fourth-order valence-corrected chi connectivity index (χ4v) is 2.63. The minimum atomic E-state index is 0.235. The Bertz CT molecular complexity index is 587. The largest absolute Gasteiger partial charge is 0.489 e. The van der Waals surface area contributed by atoms with Gasteiger partial charge in [-0.25, -0.2) is 0 Å². The lowest BCUT2D eigenvalue weighted by Gasteiger charge is -2.23. The molecule has 0 fully saturated rings. The van der Waals surface area contributed by atoms with Crippen LogP contribution in [0.3, 0.4) is 0 Å². The molecule has 0 aliphatic carbocycles. The van der Waals surface area contributed by atoms with Gasteiger partial charge in [0, 0.05) is 0 Å².